The molecule has 2 nitrogen and oxygen atoms in total. The molecule has 1 N–H and O–H groups in total. The third-order valence-electron chi connectivity index (χ3n) is 4.03. The summed E-state index contributed by atoms with van der Waals surface area (Å²) in [5, 5.41) is 3.65. The molecular formula is C19H34N2. The normalized spacial score (nSPS) is 13.1. The fourth-order valence-electron chi connectivity index (χ4n) is 2.82. The smallest absolute Gasteiger partial charge is 0.0449 e. The van der Waals surface area contributed by atoms with E-state index in [0.717, 1.165) is 13.1 Å². The van der Waals surface area contributed by atoms with Crippen molar-refractivity contribution < 1.29 is 0 Å². The molecule has 21 heavy (non-hydrogen) atoms. The lowest BCUT2D eigenvalue weighted by molar-refractivity contribution is 0.198. The summed E-state index contributed by atoms with van der Waals surface area (Å²) in [5.41, 5.74) is 2.87. The molecule has 120 valence electrons. The molecule has 0 fully saturated rings. The molecule has 0 spiro atoms. The van der Waals surface area contributed by atoms with E-state index in [1.165, 1.54) is 36.9 Å². The second-order valence-electron chi connectivity index (χ2n) is 6.19. The highest BCUT2D eigenvalue weighted by atomic mass is 15.2. The summed E-state index contributed by atoms with van der Waals surface area (Å²) in [4.78, 5) is 2.58. The Kier molecular flexibility index (Phi) is 8.63. The van der Waals surface area contributed by atoms with E-state index in [-0.39, 0.29) is 0 Å². The van der Waals surface area contributed by atoms with Gasteiger partial charge in [-0.15, -0.1) is 0 Å². The maximum atomic E-state index is 3.65. The molecule has 0 aliphatic heterocycles. The molecule has 1 aromatic rings. The van der Waals surface area contributed by atoms with Crippen LogP contribution < -0.4 is 5.32 Å². The summed E-state index contributed by atoms with van der Waals surface area (Å²) < 4.78 is 0. The van der Waals surface area contributed by atoms with Crippen LogP contribution in [0, 0.1) is 0 Å². The molecule has 0 amide bonds. The van der Waals surface area contributed by atoms with Gasteiger partial charge in [-0.25, -0.2) is 0 Å². The van der Waals surface area contributed by atoms with Gasteiger partial charge in [0.15, 0.2) is 0 Å². The summed E-state index contributed by atoms with van der Waals surface area (Å²) in [5.74, 6) is 0. The Morgan fingerprint density at radius 2 is 1.67 bits per heavy atom. The lowest BCUT2D eigenvalue weighted by atomic mass is 10.0. The van der Waals surface area contributed by atoms with Crippen molar-refractivity contribution >= 4 is 0 Å². The van der Waals surface area contributed by atoms with E-state index in [1.807, 2.05) is 0 Å². The maximum Gasteiger partial charge on any atom is 0.0449 e. The lowest BCUT2D eigenvalue weighted by Gasteiger charge is -2.31. The third kappa shape index (κ3) is 6.19. The Bertz CT molecular complexity index is 370. The van der Waals surface area contributed by atoms with Crippen molar-refractivity contribution in [2.24, 2.45) is 0 Å². The Hall–Kier alpha value is -0.860. The highest BCUT2D eigenvalue weighted by molar-refractivity contribution is 5.25. The number of aryl methyl sites for hydroxylation is 1. The van der Waals surface area contributed by atoms with Crippen LogP contribution >= 0.6 is 0 Å². The number of hydrogen-bond donors (Lipinski definition) is 1. The van der Waals surface area contributed by atoms with Crippen molar-refractivity contribution in [3.05, 3.63) is 35.4 Å². The molecule has 0 saturated heterocycles. The average Bonchev–Trinajstić information content (AvgIpc) is 2.47. The predicted molar refractivity (Wildman–Crippen MR) is 93.9 cm³/mol. The molecule has 2 heteroatoms. The van der Waals surface area contributed by atoms with E-state index in [0.29, 0.717) is 12.1 Å². The second kappa shape index (κ2) is 9.97. The number of likely N-dealkylation sites (N-methyl/N-ethyl adjacent to an activating group) is 1. The zero-order valence-corrected chi connectivity index (χ0v) is 14.7. The van der Waals surface area contributed by atoms with Crippen molar-refractivity contribution in [3.8, 4) is 0 Å². The molecule has 0 bridgehead atoms. The van der Waals surface area contributed by atoms with Crippen LogP contribution in [0.15, 0.2) is 24.3 Å². The first-order valence-electron chi connectivity index (χ1n) is 8.68. The molecule has 1 atom stereocenters. The van der Waals surface area contributed by atoms with E-state index < -0.39 is 0 Å². The van der Waals surface area contributed by atoms with Gasteiger partial charge in [0, 0.05) is 18.6 Å². The highest BCUT2D eigenvalue weighted by Crippen LogP contribution is 2.17. The highest BCUT2D eigenvalue weighted by Gasteiger charge is 2.16. The fraction of sp³-hybridized carbons (Fsp3) is 0.684. The van der Waals surface area contributed by atoms with Crippen LogP contribution in [0.4, 0.5) is 0 Å². The van der Waals surface area contributed by atoms with Gasteiger partial charge in [-0.1, -0.05) is 51.5 Å². The van der Waals surface area contributed by atoms with Gasteiger partial charge >= 0.3 is 0 Å². The largest absolute Gasteiger partial charge is 0.309 e. The molecule has 0 aliphatic rings. The fourth-order valence-corrected chi connectivity index (χ4v) is 2.82. The van der Waals surface area contributed by atoms with Crippen LogP contribution in [-0.2, 0) is 6.42 Å². The Balaban J connectivity index is 2.79. The molecule has 1 rings (SSSR count). The molecule has 1 unspecified atom stereocenters. The van der Waals surface area contributed by atoms with E-state index in [1.54, 1.807) is 0 Å². The molecule has 0 saturated carbocycles. The van der Waals surface area contributed by atoms with Crippen molar-refractivity contribution in [2.45, 2.75) is 66.0 Å². The number of nitrogens with one attached hydrogen (secondary N) is 1. The molecule has 0 heterocycles. The van der Waals surface area contributed by atoms with Gasteiger partial charge in [-0.2, -0.15) is 0 Å². The molecule has 0 aliphatic carbocycles. The first-order chi connectivity index (χ1) is 10.1. The van der Waals surface area contributed by atoms with Gasteiger partial charge in [0.05, 0.1) is 0 Å². The van der Waals surface area contributed by atoms with E-state index in [2.05, 4.69) is 69.1 Å². The lowest BCUT2D eigenvalue weighted by Crippen LogP contribution is -2.39. The van der Waals surface area contributed by atoms with Crippen molar-refractivity contribution in [2.75, 3.05) is 19.6 Å². The van der Waals surface area contributed by atoms with Crippen LogP contribution in [0.1, 0.15) is 64.6 Å². The summed E-state index contributed by atoms with van der Waals surface area (Å²) in [7, 11) is 0. The number of nitrogens with zero attached hydrogens (tertiary/aromatic N) is 1. The molecule has 0 radical (unpaired) electrons. The summed E-state index contributed by atoms with van der Waals surface area (Å²) in [6, 6.07) is 10.2. The SMILES string of the molecule is CCCc1ccc(C(CN(CCC)C(C)C)NCC)cc1. The Morgan fingerprint density at radius 1 is 1.00 bits per heavy atom. The predicted octanol–water partition coefficient (Wildman–Crippen LogP) is 4.41. The van der Waals surface area contributed by atoms with Gasteiger partial charge in [-0.05, 0) is 50.9 Å². The second-order valence-corrected chi connectivity index (χ2v) is 6.19. The van der Waals surface area contributed by atoms with E-state index in [9.17, 15) is 0 Å². The zero-order chi connectivity index (χ0) is 15.7. The number of hydrogen-bond acceptors (Lipinski definition) is 2. The summed E-state index contributed by atoms with van der Waals surface area (Å²) in [6.07, 6.45) is 3.61. The zero-order valence-electron chi connectivity index (χ0n) is 14.7. The van der Waals surface area contributed by atoms with Crippen molar-refractivity contribution in [1.29, 1.82) is 0 Å². The minimum absolute atomic E-state index is 0.430. The van der Waals surface area contributed by atoms with Crippen LogP contribution in [0.2, 0.25) is 0 Å². The first-order valence-corrected chi connectivity index (χ1v) is 8.68. The quantitative estimate of drug-likeness (QED) is 0.686. The van der Waals surface area contributed by atoms with Gasteiger partial charge in [0.25, 0.3) is 0 Å². The average molecular weight is 290 g/mol. The first kappa shape index (κ1) is 18.2. The van der Waals surface area contributed by atoms with Crippen LogP contribution in [0.3, 0.4) is 0 Å². The minimum Gasteiger partial charge on any atom is -0.309 e. The summed E-state index contributed by atoms with van der Waals surface area (Å²) >= 11 is 0. The standard InChI is InChI=1S/C19H34N2/c1-6-9-17-10-12-18(13-11-17)19(20-8-3)15-21(14-7-2)16(4)5/h10-13,16,19-20H,6-9,14-15H2,1-5H3. The molecule has 0 aromatic heterocycles. The summed E-state index contributed by atoms with van der Waals surface area (Å²) in [6.45, 7) is 14.6. The van der Waals surface area contributed by atoms with Gasteiger partial charge < -0.3 is 5.32 Å². The number of benzene rings is 1. The van der Waals surface area contributed by atoms with Gasteiger partial charge in [0.2, 0.25) is 0 Å². The monoisotopic (exact) mass is 290 g/mol. The van der Waals surface area contributed by atoms with E-state index in [4.69, 9.17) is 0 Å². The van der Waals surface area contributed by atoms with Gasteiger partial charge in [0.1, 0.15) is 0 Å². The number of rotatable bonds is 10. The van der Waals surface area contributed by atoms with Crippen LogP contribution in [0.5, 0.6) is 0 Å². The van der Waals surface area contributed by atoms with Crippen LogP contribution in [-0.4, -0.2) is 30.6 Å². The third-order valence-corrected chi connectivity index (χ3v) is 4.03. The van der Waals surface area contributed by atoms with Gasteiger partial charge in [-0.3, -0.25) is 4.90 Å². The van der Waals surface area contributed by atoms with E-state index >= 15 is 0 Å². The topological polar surface area (TPSA) is 15.3 Å². The van der Waals surface area contributed by atoms with Crippen molar-refractivity contribution in [3.63, 3.8) is 0 Å². The van der Waals surface area contributed by atoms with Crippen molar-refractivity contribution in [1.82, 2.24) is 10.2 Å². The Morgan fingerprint density at radius 3 is 2.14 bits per heavy atom. The Labute approximate surface area is 131 Å². The molecule has 1 aromatic carbocycles. The molecular weight excluding hydrogens is 256 g/mol. The maximum absolute atomic E-state index is 3.65. The van der Waals surface area contributed by atoms with Crippen LogP contribution in [0.25, 0.3) is 0 Å². The minimum atomic E-state index is 0.430.